The second-order valence-electron chi connectivity index (χ2n) is 7.05. The Balaban J connectivity index is 1.60. The molecule has 4 rings (SSSR count). The van der Waals surface area contributed by atoms with E-state index in [4.69, 9.17) is 4.74 Å². The third-order valence-corrected chi connectivity index (χ3v) is 6.50. The summed E-state index contributed by atoms with van der Waals surface area (Å²) in [6.07, 6.45) is 3.49. The molecule has 0 spiro atoms. The Hall–Kier alpha value is -2.64. The summed E-state index contributed by atoms with van der Waals surface area (Å²) in [6, 6.07) is 14.1. The van der Waals surface area contributed by atoms with Crippen LogP contribution in [0.15, 0.2) is 53.9 Å². The van der Waals surface area contributed by atoms with E-state index in [1.807, 2.05) is 12.1 Å². The van der Waals surface area contributed by atoms with Crippen LogP contribution in [-0.4, -0.2) is 34.1 Å². The van der Waals surface area contributed by atoms with Crippen LogP contribution in [0.2, 0.25) is 0 Å². The summed E-state index contributed by atoms with van der Waals surface area (Å²) in [6.45, 7) is 0.431. The van der Waals surface area contributed by atoms with Crippen LogP contribution in [0, 0.1) is 0 Å². The first-order valence-electron chi connectivity index (χ1n) is 9.20. The van der Waals surface area contributed by atoms with E-state index in [0.717, 1.165) is 39.9 Å². The highest BCUT2D eigenvalue weighted by atomic mass is 32.2. The third-order valence-electron chi connectivity index (χ3n) is 5.13. The molecule has 2 aromatic rings. The number of hydrogen-bond acceptors (Lipinski definition) is 5. The van der Waals surface area contributed by atoms with Crippen LogP contribution in [0.5, 0.6) is 0 Å². The molecule has 7 heteroatoms. The molecule has 1 N–H and O–H groups in total. The first-order chi connectivity index (χ1) is 13.5. The van der Waals surface area contributed by atoms with Gasteiger partial charge in [0.05, 0.1) is 17.7 Å². The molecule has 0 saturated heterocycles. The van der Waals surface area contributed by atoms with Gasteiger partial charge >= 0.3 is 0 Å². The van der Waals surface area contributed by atoms with Crippen molar-refractivity contribution in [2.24, 2.45) is 0 Å². The van der Waals surface area contributed by atoms with E-state index in [2.05, 4.69) is 29.6 Å². The lowest BCUT2D eigenvalue weighted by atomic mass is 10.1. The number of anilines is 2. The van der Waals surface area contributed by atoms with Crippen LogP contribution in [0.25, 0.3) is 0 Å². The zero-order valence-corrected chi connectivity index (χ0v) is 16.4. The van der Waals surface area contributed by atoms with Crippen molar-refractivity contribution in [3.05, 3.63) is 70.6 Å². The third kappa shape index (κ3) is 3.55. The number of sulfonamides is 1. The largest absolute Gasteiger partial charge is 0.384 e. The Morgan fingerprint density at radius 3 is 2.46 bits per heavy atom. The van der Waals surface area contributed by atoms with Gasteiger partial charge in [-0.15, -0.1) is 0 Å². The van der Waals surface area contributed by atoms with Gasteiger partial charge < -0.3 is 10.1 Å². The molecule has 0 bridgehead atoms. The Kier molecular flexibility index (Phi) is 4.95. The highest BCUT2D eigenvalue weighted by Crippen LogP contribution is 2.32. The molecule has 6 nitrogen and oxygen atoms in total. The van der Waals surface area contributed by atoms with Crippen LogP contribution in [0.4, 0.5) is 11.4 Å². The second-order valence-corrected chi connectivity index (χ2v) is 8.72. The van der Waals surface area contributed by atoms with E-state index in [9.17, 15) is 13.2 Å². The molecule has 0 fully saturated rings. The fraction of sp³-hybridized carbons (Fsp3) is 0.286. The lowest BCUT2D eigenvalue weighted by Crippen LogP contribution is -2.30. The maximum atomic E-state index is 12.3. The minimum atomic E-state index is -3.77. The summed E-state index contributed by atoms with van der Waals surface area (Å²) in [5.41, 5.74) is 4.76. The van der Waals surface area contributed by atoms with Gasteiger partial charge in [0, 0.05) is 24.9 Å². The quantitative estimate of drug-likeness (QED) is 0.810. The van der Waals surface area contributed by atoms with Crippen LogP contribution < -0.4 is 9.62 Å². The highest BCUT2D eigenvalue weighted by Gasteiger charge is 2.33. The van der Waals surface area contributed by atoms with Gasteiger partial charge in [-0.1, -0.05) is 24.3 Å². The van der Waals surface area contributed by atoms with Gasteiger partial charge in [-0.25, -0.2) is 8.42 Å². The van der Waals surface area contributed by atoms with Crippen LogP contribution in [0.1, 0.15) is 16.7 Å². The van der Waals surface area contributed by atoms with Gasteiger partial charge in [0.25, 0.3) is 15.9 Å². The van der Waals surface area contributed by atoms with Gasteiger partial charge in [-0.3, -0.25) is 4.79 Å². The molecule has 0 saturated carbocycles. The summed E-state index contributed by atoms with van der Waals surface area (Å²) < 4.78 is 30.5. The molecule has 146 valence electrons. The molecule has 0 atom stereocenters. The minimum Gasteiger partial charge on any atom is -0.384 e. The Bertz CT molecular complexity index is 1020. The number of carbonyl (C=O) groups excluding carboxylic acids is 1. The van der Waals surface area contributed by atoms with Gasteiger partial charge in [0.2, 0.25) is 0 Å². The zero-order valence-electron chi connectivity index (χ0n) is 15.6. The molecule has 1 heterocycles. The monoisotopic (exact) mass is 398 g/mol. The van der Waals surface area contributed by atoms with Crippen LogP contribution in [-0.2, 0) is 38.8 Å². The fourth-order valence-corrected chi connectivity index (χ4v) is 5.01. The standard InChI is InChI=1S/C21H22N2O4S/c1-27-10-8-17-14-18(22-19-12-15-4-2-3-5-16(15)13-19)6-7-20(17)23-21(24)9-11-28(23,25)26/h2-7,9,11,14,19,22H,8,10,12-13H2,1H3. The first-order valence-corrected chi connectivity index (χ1v) is 10.7. The SMILES string of the molecule is COCCc1cc(NC2Cc3ccccc3C2)ccc1N1C(=O)C=CS1(=O)=O. The predicted molar refractivity (Wildman–Crippen MR) is 109 cm³/mol. The molecule has 2 aromatic carbocycles. The number of amides is 1. The van der Waals surface area contributed by atoms with E-state index in [-0.39, 0.29) is 6.04 Å². The first kappa shape index (κ1) is 18.7. The number of hydrogen-bond donors (Lipinski definition) is 1. The smallest absolute Gasteiger partial charge is 0.265 e. The van der Waals surface area contributed by atoms with Crippen molar-refractivity contribution in [1.29, 1.82) is 0 Å². The fourth-order valence-electron chi connectivity index (χ4n) is 3.84. The number of ether oxygens (including phenoxy) is 1. The van der Waals surface area contributed by atoms with E-state index < -0.39 is 15.9 Å². The molecule has 0 radical (unpaired) electrons. The van der Waals surface area contributed by atoms with E-state index in [1.165, 1.54) is 11.1 Å². The average molecular weight is 398 g/mol. The Morgan fingerprint density at radius 2 is 1.86 bits per heavy atom. The molecule has 2 aliphatic rings. The van der Waals surface area contributed by atoms with Crippen LogP contribution in [0.3, 0.4) is 0 Å². The molecule has 0 aromatic heterocycles. The van der Waals surface area contributed by atoms with Gasteiger partial charge in [0.15, 0.2) is 0 Å². The van der Waals surface area contributed by atoms with Crippen molar-refractivity contribution < 1.29 is 17.9 Å². The van der Waals surface area contributed by atoms with Gasteiger partial charge in [-0.2, -0.15) is 4.31 Å². The number of rotatable bonds is 6. The number of nitrogens with zero attached hydrogens (tertiary/aromatic N) is 1. The van der Waals surface area contributed by atoms with Crippen LogP contribution >= 0.6 is 0 Å². The van der Waals surface area contributed by atoms with Crippen molar-refractivity contribution in [3.8, 4) is 0 Å². The Labute approximate surface area is 164 Å². The van der Waals surface area contributed by atoms with Crippen molar-refractivity contribution >= 4 is 27.3 Å². The topological polar surface area (TPSA) is 75.7 Å². The molecule has 1 aliphatic heterocycles. The molecular weight excluding hydrogens is 376 g/mol. The number of nitrogens with one attached hydrogen (secondary N) is 1. The summed E-state index contributed by atoms with van der Waals surface area (Å²) >= 11 is 0. The number of benzene rings is 2. The van der Waals surface area contributed by atoms with E-state index >= 15 is 0 Å². The summed E-state index contributed by atoms with van der Waals surface area (Å²) in [7, 11) is -2.17. The summed E-state index contributed by atoms with van der Waals surface area (Å²) in [4.78, 5) is 12.1. The molecule has 1 aliphatic carbocycles. The lowest BCUT2D eigenvalue weighted by molar-refractivity contribution is -0.112. The van der Waals surface area contributed by atoms with E-state index in [0.29, 0.717) is 18.7 Å². The minimum absolute atomic E-state index is 0.289. The maximum absolute atomic E-state index is 12.3. The molecule has 1 amide bonds. The normalized spacial score (nSPS) is 17.9. The summed E-state index contributed by atoms with van der Waals surface area (Å²) in [5.74, 6) is -0.550. The number of methoxy groups -OCH3 is 1. The molecule has 28 heavy (non-hydrogen) atoms. The maximum Gasteiger partial charge on any atom is 0.265 e. The van der Waals surface area contributed by atoms with E-state index in [1.54, 1.807) is 13.2 Å². The van der Waals surface area contributed by atoms with Crippen molar-refractivity contribution in [3.63, 3.8) is 0 Å². The lowest BCUT2D eigenvalue weighted by Gasteiger charge is -2.21. The Morgan fingerprint density at radius 1 is 1.14 bits per heavy atom. The predicted octanol–water partition coefficient (Wildman–Crippen LogP) is 2.64. The average Bonchev–Trinajstić information content (AvgIpc) is 3.20. The van der Waals surface area contributed by atoms with Gasteiger partial charge in [-0.05, 0) is 54.2 Å². The van der Waals surface area contributed by atoms with Crippen molar-refractivity contribution in [2.75, 3.05) is 23.3 Å². The van der Waals surface area contributed by atoms with Gasteiger partial charge in [0.1, 0.15) is 0 Å². The summed E-state index contributed by atoms with van der Waals surface area (Å²) in [5, 5.41) is 4.49. The molecular formula is C21H22N2O4S. The second kappa shape index (κ2) is 7.41. The van der Waals surface area contributed by atoms with Crippen molar-refractivity contribution in [1.82, 2.24) is 0 Å². The highest BCUT2D eigenvalue weighted by molar-refractivity contribution is 7.96. The number of fused-ring (bicyclic) bond motifs is 1. The molecule has 0 unspecified atom stereocenters. The number of carbonyl (C=O) groups is 1. The van der Waals surface area contributed by atoms with Crippen molar-refractivity contribution in [2.45, 2.75) is 25.3 Å². The zero-order chi connectivity index (χ0) is 19.7.